The maximum atomic E-state index is 12.6. The minimum Gasteiger partial charge on any atom is -0.497 e. The fourth-order valence-corrected chi connectivity index (χ4v) is 3.96. The Bertz CT molecular complexity index is 665. The van der Waals surface area contributed by atoms with Gasteiger partial charge < -0.3 is 14.4 Å². The van der Waals surface area contributed by atoms with E-state index >= 15 is 0 Å². The average Bonchev–Trinajstić information content (AvgIpc) is 3.07. The molecular weight excluding hydrogens is 310 g/mol. The molecule has 1 aromatic carbocycles. The van der Waals surface area contributed by atoms with E-state index in [0.717, 1.165) is 25.1 Å². The second-order valence-corrected chi connectivity index (χ2v) is 6.53. The van der Waals surface area contributed by atoms with Gasteiger partial charge in [0.1, 0.15) is 11.5 Å². The molecule has 2 heterocycles. The third-order valence-corrected chi connectivity index (χ3v) is 5.22. The Labute approximate surface area is 140 Å². The van der Waals surface area contributed by atoms with Crippen molar-refractivity contribution < 1.29 is 14.3 Å². The van der Waals surface area contributed by atoms with E-state index in [2.05, 4.69) is 18.4 Å². The molecule has 1 aromatic heterocycles. The molecular formula is C18H21NO3S. The van der Waals surface area contributed by atoms with Gasteiger partial charge in [0.25, 0.3) is 5.91 Å². The van der Waals surface area contributed by atoms with Gasteiger partial charge in [-0.2, -0.15) is 0 Å². The lowest BCUT2D eigenvalue weighted by Crippen LogP contribution is -2.41. The minimum atomic E-state index is 0.0459. The van der Waals surface area contributed by atoms with Gasteiger partial charge in [0.15, 0.2) is 6.61 Å². The van der Waals surface area contributed by atoms with Gasteiger partial charge in [0.05, 0.1) is 13.2 Å². The molecule has 0 fully saturated rings. The number of benzene rings is 1. The van der Waals surface area contributed by atoms with Crippen LogP contribution in [0, 0.1) is 0 Å². The number of carbonyl (C=O) groups excluding carboxylic acids is 1. The first-order valence-electron chi connectivity index (χ1n) is 7.85. The standard InChI is InChI=1S/C18H21NO3S/c1-3-16-15-9-11-23-17(15)8-10-19(16)18(20)12-22-14-6-4-13(21-2)5-7-14/h4-7,9,11,16H,3,8,10,12H2,1-2H3. The van der Waals surface area contributed by atoms with Crippen molar-refractivity contribution in [3.8, 4) is 11.5 Å². The Kier molecular flexibility index (Phi) is 4.86. The summed E-state index contributed by atoms with van der Waals surface area (Å²) < 4.78 is 10.8. The number of amides is 1. The summed E-state index contributed by atoms with van der Waals surface area (Å²) in [5.74, 6) is 1.50. The van der Waals surface area contributed by atoms with Crippen LogP contribution in [-0.2, 0) is 11.2 Å². The number of fused-ring (bicyclic) bond motifs is 1. The summed E-state index contributed by atoms with van der Waals surface area (Å²) in [6, 6.07) is 9.61. The Morgan fingerprint density at radius 1 is 1.26 bits per heavy atom. The van der Waals surface area contributed by atoms with Crippen LogP contribution in [0.15, 0.2) is 35.7 Å². The summed E-state index contributed by atoms with van der Waals surface area (Å²) >= 11 is 1.79. The van der Waals surface area contributed by atoms with Gasteiger partial charge in [-0.1, -0.05) is 6.92 Å². The molecule has 1 aliphatic rings. The molecule has 0 bridgehead atoms. The second kappa shape index (κ2) is 7.04. The van der Waals surface area contributed by atoms with Gasteiger partial charge in [-0.25, -0.2) is 0 Å². The highest BCUT2D eigenvalue weighted by Crippen LogP contribution is 2.35. The van der Waals surface area contributed by atoms with Crippen LogP contribution in [0.25, 0.3) is 0 Å². The van der Waals surface area contributed by atoms with Gasteiger partial charge in [0, 0.05) is 11.4 Å². The van der Waals surface area contributed by atoms with Crippen molar-refractivity contribution in [1.29, 1.82) is 0 Å². The molecule has 0 saturated carbocycles. The predicted octanol–water partition coefficient (Wildman–Crippen LogP) is 3.67. The highest BCUT2D eigenvalue weighted by Gasteiger charge is 2.30. The number of thiophene rings is 1. The monoisotopic (exact) mass is 331 g/mol. The second-order valence-electron chi connectivity index (χ2n) is 5.52. The van der Waals surface area contributed by atoms with Crippen molar-refractivity contribution in [2.75, 3.05) is 20.3 Å². The number of rotatable bonds is 5. The molecule has 1 unspecified atom stereocenters. The summed E-state index contributed by atoms with van der Waals surface area (Å²) in [5, 5.41) is 2.12. The van der Waals surface area contributed by atoms with E-state index in [1.54, 1.807) is 18.4 Å². The maximum absolute atomic E-state index is 12.6. The highest BCUT2D eigenvalue weighted by molar-refractivity contribution is 7.10. The van der Waals surface area contributed by atoms with Crippen molar-refractivity contribution in [1.82, 2.24) is 4.90 Å². The maximum Gasteiger partial charge on any atom is 0.261 e. The zero-order valence-electron chi connectivity index (χ0n) is 13.5. The van der Waals surface area contributed by atoms with Crippen LogP contribution in [-0.4, -0.2) is 31.1 Å². The first-order valence-corrected chi connectivity index (χ1v) is 8.73. The molecule has 122 valence electrons. The van der Waals surface area contributed by atoms with Gasteiger partial charge >= 0.3 is 0 Å². The Balaban J connectivity index is 1.63. The highest BCUT2D eigenvalue weighted by atomic mass is 32.1. The Hall–Kier alpha value is -2.01. The number of ether oxygens (including phenoxy) is 2. The molecule has 1 aliphatic heterocycles. The fraction of sp³-hybridized carbons (Fsp3) is 0.389. The molecule has 0 aliphatic carbocycles. The van der Waals surface area contributed by atoms with E-state index in [9.17, 15) is 4.79 Å². The summed E-state index contributed by atoms with van der Waals surface area (Å²) in [7, 11) is 1.62. The summed E-state index contributed by atoms with van der Waals surface area (Å²) in [4.78, 5) is 15.9. The topological polar surface area (TPSA) is 38.8 Å². The van der Waals surface area contributed by atoms with Gasteiger partial charge in [-0.15, -0.1) is 11.3 Å². The summed E-state index contributed by atoms with van der Waals surface area (Å²) in [6.07, 6.45) is 1.87. The van der Waals surface area contributed by atoms with Gasteiger partial charge in [0.2, 0.25) is 0 Å². The quantitative estimate of drug-likeness (QED) is 0.839. The van der Waals surface area contributed by atoms with Crippen LogP contribution in [0.2, 0.25) is 0 Å². The lowest BCUT2D eigenvalue weighted by Gasteiger charge is -2.35. The van der Waals surface area contributed by atoms with E-state index in [1.165, 1.54) is 10.4 Å². The van der Waals surface area contributed by atoms with E-state index in [1.807, 2.05) is 29.2 Å². The van der Waals surface area contributed by atoms with Gasteiger partial charge in [-0.05, 0) is 54.1 Å². The first kappa shape index (κ1) is 15.9. The lowest BCUT2D eigenvalue weighted by atomic mass is 9.98. The molecule has 4 nitrogen and oxygen atoms in total. The van der Waals surface area contributed by atoms with Crippen molar-refractivity contribution in [2.24, 2.45) is 0 Å². The van der Waals surface area contributed by atoms with Crippen molar-refractivity contribution in [3.05, 3.63) is 46.2 Å². The normalized spacial score (nSPS) is 16.8. The SMILES string of the molecule is CCC1c2ccsc2CCN1C(=O)COc1ccc(OC)cc1. The third kappa shape index (κ3) is 3.34. The lowest BCUT2D eigenvalue weighted by molar-refractivity contribution is -0.136. The number of methoxy groups -OCH3 is 1. The molecule has 0 radical (unpaired) electrons. The third-order valence-electron chi connectivity index (χ3n) is 4.22. The Morgan fingerprint density at radius 2 is 2.00 bits per heavy atom. The summed E-state index contributed by atoms with van der Waals surface area (Å²) in [6.45, 7) is 2.97. The number of carbonyl (C=O) groups is 1. The smallest absolute Gasteiger partial charge is 0.261 e. The Morgan fingerprint density at radius 3 is 2.70 bits per heavy atom. The number of hydrogen-bond acceptors (Lipinski definition) is 4. The van der Waals surface area contributed by atoms with E-state index < -0.39 is 0 Å². The average molecular weight is 331 g/mol. The van der Waals surface area contributed by atoms with Crippen molar-refractivity contribution in [2.45, 2.75) is 25.8 Å². The molecule has 1 amide bonds. The van der Waals surface area contributed by atoms with Crippen LogP contribution in [0.5, 0.6) is 11.5 Å². The molecule has 23 heavy (non-hydrogen) atoms. The van der Waals surface area contributed by atoms with Crippen LogP contribution in [0.3, 0.4) is 0 Å². The number of hydrogen-bond donors (Lipinski definition) is 0. The molecule has 0 saturated heterocycles. The zero-order chi connectivity index (χ0) is 16.2. The van der Waals surface area contributed by atoms with E-state index in [0.29, 0.717) is 5.75 Å². The van der Waals surface area contributed by atoms with E-state index in [4.69, 9.17) is 9.47 Å². The minimum absolute atomic E-state index is 0.0459. The van der Waals surface area contributed by atoms with Crippen molar-refractivity contribution in [3.63, 3.8) is 0 Å². The predicted molar refractivity (Wildman–Crippen MR) is 91.3 cm³/mol. The molecule has 2 aromatic rings. The molecule has 0 N–H and O–H groups in total. The van der Waals surface area contributed by atoms with Crippen LogP contribution in [0.1, 0.15) is 29.8 Å². The first-order chi connectivity index (χ1) is 11.2. The molecule has 0 spiro atoms. The van der Waals surface area contributed by atoms with Crippen LogP contribution >= 0.6 is 11.3 Å². The molecule has 5 heteroatoms. The molecule has 3 rings (SSSR count). The van der Waals surface area contributed by atoms with Crippen LogP contribution in [0.4, 0.5) is 0 Å². The fourth-order valence-electron chi connectivity index (χ4n) is 3.04. The molecule has 1 atom stereocenters. The van der Waals surface area contributed by atoms with Crippen LogP contribution < -0.4 is 9.47 Å². The number of nitrogens with zero attached hydrogens (tertiary/aromatic N) is 1. The zero-order valence-corrected chi connectivity index (χ0v) is 14.3. The van der Waals surface area contributed by atoms with Gasteiger partial charge in [-0.3, -0.25) is 4.79 Å². The van der Waals surface area contributed by atoms with Crippen molar-refractivity contribution >= 4 is 17.2 Å². The van der Waals surface area contributed by atoms with E-state index in [-0.39, 0.29) is 18.6 Å². The summed E-state index contributed by atoms with van der Waals surface area (Å²) in [5.41, 5.74) is 1.31. The largest absolute Gasteiger partial charge is 0.497 e.